The Kier molecular flexibility index (Phi) is 3.75. The Morgan fingerprint density at radius 2 is 2.05 bits per heavy atom. The highest BCUT2D eigenvalue weighted by Gasteiger charge is 2.38. The van der Waals surface area contributed by atoms with Crippen LogP contribution in [0.2, 0.25) is 0 Å². The highest BCUT2D eigenvalue weighted by Crippen LogP contribution is 2.41. The first kappa shape index (κ1) is 13.8. The zero-order chi connectivity index (χ0) is 14.0. The molecule has 0 aromatic heterocycles. The lowest BCUT2D eigenvalue weighted by molar-refractivity contribution is -0.145. The minimum atomic E-state index is -1.30. The predicted octanol–water partition coefficient (Wildman–Crippen LogP) is 2.30. The second-order valence-corrected chi connectivity index (χ2v) is 4.99. The molecule has 5 heteroatoms. The molecule has 0 amide bonds. The van der Waals surface area contributed by atoms with Crippen molar-refractivity contribution < 1.29 is 24.1 Å². The fourth-order valence-corrected chi connectivity index (χ4v) is 2.60. The van der Waals surface area contributed by atoms with Crippen LogP contribution in [-0.2, 0) is 10.4 Å². The third kappa shape index (κ3) is 2.71. The molecule has 0 unspecified atom stereocenters. The number of halogens is 1. The summed E-state index contributed by atoms with van der Waals surface area (Å²) in [5.74, 6) is -1.32. The summed E-state index contributed by atoms with van der Waals surface area (Å²) in [5, 5.41) is 19.5. The molecule has 1 aliphatic carbocycles. The van der Waals surface area contributed by atoms with E-state index in [1.165, 1.54) is 25.3 Å². The van der Waals surface area contributed by atoms with Crippen molar-refractivity contribution >= 4 is 5.97 Å². The lowest BCUT2D eigenvalue weighted by atomic mass is 9.75. The Morgan fingerprint density at radius 1 is 1.42 bits per heavy atom. The van der Waals surface area contributed by atoms with Crippen molar-refractivity contribution in [1.29, 1.82) is 0 Å². The van der Waals surface area contributed by atoms with E-state index in [4.69, 9.17) is 9.84 Å². The summed E-state index contributed by atoms with van der Waals surface area (Å²) in [5.41, 5.74) is -1.11. The lowest BCUT2D eigenvalue weighted by Gasteiger charge is -2.35. The van der Waals surface area contributed by atoms with E-state index in [1.54, 1.807) is 0 Å². The number of rotatable bonds is 3. The molecule has 0 saturated heterocycles. The third-order valence-electron chi connectivity index (χ3n) is 3.84. The molecule has 1 aromatic rings. The van der Waals surface area contributed by atoms with E-state index < -0.39 is 23.3 Å². The first-order valence-corrected chi connectivity index (χ1v) is 6.25. The standard InChI is InChI=1S/C14H17FO4/c1-19-10-2-3-12(15)11(8-10)14(18)6-4-9(5-7-14)13(16)17/h2-3,8-9,18H,4-7H2,1H3,(H,16,17)/t9-,14-. The van der Waals surface area contributed by atoms with Gasteiger partial charge in [-0.25, -0.2) is 4.39 Å². The van der Waals surface area contributed by atoms with Crippen LogP contribution in [0.1, 0.15) is 31.2 Å². The van der Waals surface area contributed by atoms with Gasteiger partial charge in [-0.2, -0.15) is 0 Å². The van der Waals surface area contributed by atoms with E-state index in [2.05, 4.69) is 0 Å². The minimum Gasteiger partial charge on any atom is -0.497 e. The Bertz CT molecular complexity index is 478. The first-order valence-electron chi connectivity index (χ1n) is 6.25. The summed E-state index contributed by atoms with van der Waals surface area (Å²) >= 11 is 0. The van der Waals surface area contributed by atoms with Gasteiger partial charge in [-0.05, 0) is 43.9 Å². The molecule has 0 bridgehead atoms. The summed E-state index contributed by atoms with van der Waals surface area (Å²) in [4.78, 5) is 10.9. The van der Waals surface area contributed by atoms with Crippen LogP contribution in [0.4, 0.5) is 4.39 Å². The number of aliphatic carboxylic acids is 1. The predicted molar refractivity (Wildman–Crippen MR) is 66.4 cm³/mol. The SMILES string of the molecule is COc1ccc(F)c([C@]2(O)CC[C@H](C(=O)O)CC2)c1. The quantitative estimate of drug-likeness (QED) is 0.882. The Hall–Kier alpha value is -1.62. The summed E-state index contributed by atoms with van der Waals surface area (Å²) in [6.07, 6.45) is 1.19. The second-order valence-electron chi connectivity index (χ2n) is 4.99. The smallest absolute Gasteiger partial charge is 0.306 e. The van der Waals surface area contributed by atoms with Crippen LogP contribution in [0, 0.1) is 11.7 Å². The number of hydrogen-bond donors (Lipinski definition) is 2. The van der Waals surface area contributed by atoms with Crippen molar-refractivity contribution in [3.63, 3.8) is 0 Å². The van der Waals surface area contributed by atoms with E-state index in [9.17, 15) is 14.3 Å². The van der Waals surface area contributed by atoms with Crippen LogP contribution < -0.4 is 4.74 Å². The average Bonchev–Trinajstić information content (AvgIpc) is 2.39. The number of carboxylic acids is 1. The molecule has 1 fully saturated rings. The number of carbonyl (C=O) groups is 1. The van der Waals surface area contributed by atoms with Gasteiger partial charge in [-0.15, -0.1) is 0 Å². The summed E-state index contributed by atoms with van der Waals surface area (Å²) in [6, 6.07) is 4.23. The summed E-state index contributed by atoms with van der Waals surface area (Å²) < 4.78 is 18.9. The molecule has 0 radical (unpaired) electrons. The molecule has 0 spiro atoms. The monoisotopic (exact) mass is 268 g/mol. The zero-order valence-electron chi connectivity index (χ0n) is 10.7. The first-order chi connectivity index (χ1) is 8.96. The van der Waals surface area contributed by atoms with Crippen molar-refractivity contribution in [3.05, 3.63) is 29.6 Å². The zero-order valence-corrected chi connectivity index (χ0v) is 10.7. The topological polar surface area (TPSA) is 66.8 Å². The van der Waals surface area contributed by atoms with Gasteiger partial charge in [-0.3, -0.25) is 4.79 Å². The van der Waals surface area contributed by atoms with Gasteiger partial charge in [-0.1, -0.05) is 0 Å². The van der Waals surface area contributed by atoms with E-state index in [0.717, 1.165) is 0 Å². The van der Waals surface area contributed by atoms with E-state index in [-0.39, 0.29) is 18.4 Å². The van der Waals surface area contributed by atoms with Crippen LogP contribution in [-0.4, -0.2) is 23.3 Å². The third-order valence-corrected chi connectivity index (χ3v) is 3.84. The lowest BCUT2D eigenvalue weighted by Crippen LogP contribution is -2.34. The molecule has 1 saturated carbocycles. The number of methoxy groups -OCH3 is 1. The molecular weight excluding hydrogens is 251 g/mol. The molecule has 4 nitrogen and oxygen atoms in total. The van der Waals surface area contributed by atoms with Gasteiger partial charge in [0, 0.05) is 5.56 Å². The molecule has 0 aliphatic heterocycles. The molecule has 1 aromatic carbocycles. The van der Waals surface area contributed by atoms with Crippen molar-refractivity contribution in [2.75, 3.05) is 7.11 Å². The Morgan fingerprint density at radius 3 is 2.58 bits per heavy atom. The van der Waals surface area contributed by atoms with Crippen LogP contribution >= 0.6 is 0 Å². The fraction of sp³-hybridized carbons (Fsp3) is 0.500. The maximum atomic E-state index is 13.9. The van der Waals surface area contributed by atoms with Gasteiger partial charge in [0.25, 0.3) is 0 Å². The number of hydrogen-bond acceptors (Lipinski definition) is 3. The van der Waals surface area contributed by atoms with Crippen molar-refractivity contribution in [1.82, 2.24) is 0 Å². The molecule has 19 heavy (non-hydrogen) atoms. The number of aliphatic hydroxyl groups is 1. The Balaban J connectivity index is 2.24. The minimum absolute atomic E-state index is 0.190. The molecule has 0 atom stereocenters. The number of benzene rings is 1. The summed E-state index contributed by atoms with van der Waals surface area (Å²) in [7, 11) is 1.47. The Labute approximate surface area is 110 Å². The van der Waals surface area contributed by atoms with Gasteiger partial charge in [0.2, 0.25) is 0 Å². The van der Waals surface area contributed by atoms with E-state index in [1.807, 2.05) is 0 Å². The highest BCUT2D eigenvalue weighted by atomic mass is 19.1. The van der Waals surface area contributed by atoms with E-state index in [0.29, 0.717) is 18.6 Å². The second kappa shape index (κ2) is 5.17. The summed E-state index contributed by atoms with van der Waals surface area (Å²) in [6.45, 7) is 0. The van der Waals surface area contributed by atoms with Crippen LogP contribution in [0.25, 0.3) is 0 Å². The normalized spacial score (nSPS) is 27.0. The molecule has 2 rings (SSSR count). The maximum Gasteiger partial charge on any atom is 0.306 e. The molecule has 0 heterocycles. The number of ether oxygens (including phenoxy) is 1. The largest absolute Gasteiger partial charge is 0.497 e. The van der Waals surface area contributed by atoms with Gasteiger partial charge in [0.1, 0.15) is 11.6 Å². The van der Waals surface area contributed by atoms with Crippen molar-refractivity contribution in [2.45, 2.75) is 31.3 Å². The van der Waals surface area contributed by atoms with Gasteiger partial charge < -0.3 is 14.9 Å². The molecule has 2 N–H and O–H groups in total. The molecular formula is C14H17FO4. The van der Waals surface area contributed by atoms with Gasteiger partial charge >= 0.3 is 5.97 Å². The highest BCUT2D eigenvalue weighted by molar-refractivity contribution is 5.70. The van der Waals surface area contributed by atoms with Gasteiger partial charge in [0.15, 0.2) is 0 Å². The van der Waals surface area contributed by atoms with Crippen LogP contribution in [0.15, 0.2) is 18.2 Å². The van der Waals surface area contributed by atoms with E-state index >= 15 is 0 Å². The van der Waals surface area contributed by atoms with Crippen molar-refractivity contribution in [2.24, 2.45) is 5.92 Å². The van der Waals surface area contributed by atoms with Crippen molar-refractivity contribution in [3.8, 4) is 5.75 Å². The maximum absolute atomic E-state index is 13.9. The van der Waals surface area contributed by atoms with Crippen LogP contribution in [0.3, 0.4) is 0 Å². The number of carboxylic acid groups (broad SMARTS) is 1. The fourth-order valence-electron chi connectivity index (χ4n) is 2.60. The molecule has 104 valence electrons. The average molecular weight is 268 g/mol. The molecule has 1 aliphatic rings. The van der Waals surface area contributed by atoms with Crippen LogP contribution in [0.5, 0.6) is 5.75 Å². The van der Waals surface area contributed by atoms with Gasteiger partial charge in [0.05, 0.1) is 18.6 Å².